The highest BCUT2D eigenvalue weighted by atomic mass is 16.2. The van der Waals surface area contributed by atoms with Gasteiger partial charge in [-0.3, -0.25) is 19.2 Å². The molecule has 0 unspecified atom stereocenters. The lowest BCUT2D eigenvalue weighted by atomic mass is 9.72. The molecule has 34 heavy (non-hydrogen) atoms. The lowest BCUT2D eigenvalue weighted by Gasteiger charge is -2.34. The molecular formula is C28H40N2O4. The molecule has 0 radical (unpaired) electrons. The Morgan fingerprint density at radius 2 is 0.824 bits per heavy atom. The molecule has 6 nitrogen and oxygen atoms in total. The van der Waals surface area contributed by atoms with Gasteiger partial charge in [0.15, 0.2) is 23.1 Å². The summed E-state index contributed by atoms with van der Waals surface area (Å²) in [5.41, 5.74) is 1.85. The third kappa shape index (κ3) is 5.21. The lowest BCUT2D eigenvalue weighted by molar-refractivity contribution is -0.129. The number of likely N-dealkylation sites (tertiary alicyclic amines) is 2. The second kappa shape index (κ2) is 9.43. The van der Waals surface area contributed by atoms with Crippen LogP contribution in [0.15, 0.2) is 22.5 Å². The van der Waals surface area contributed by atoms with Gasteiger partial charge in [-0.15, -0.1) is 0 Å². The highest BCUT2D eigenvalue weighted by molar-refractivity contribution is 6.23. The number of nitrogens with zero attached hydrogens (tertiary/aromatic N) is 2. The lowest BCUT2D eigenvalue weighted by Crippen LogP contribution is -2.36. The highest BCUT2D eigenvalue weighted by Gasteiger charge is 2.40. The molecule has 2 saturated heterocycles. The number of carbonyl (C=O) groups is 4. The molecule has 0 aromatic rings. The molecule has 2 saturated carbocycles. The van der Waals surface area contributed by atoms with E-state index in [1.807, 2.05) is 27.7 Å². The molecule has 0 bridgehead atoms. The van der Waals surface area contributed by atoms with Crippen LogP contribution in [-0.2, 0) is 19.2 Å². The van der Waals surface area contributed by atoms with Crippen LogP contribution in [0.2, 0.25) is 0 Å². The zero-order chi connectivity index (χ0) is 24.7. The van der Waals surface area contributed by atoms with Crippen molar-refractivity contribution < 1.29 is 19.2 Å². The fourth-order valence-corrected chi connectivity index (χ4v) is 6.27. The first-order valence-electron chi connectivity index (χ1n) is 13.1. The van der Waals surface area contributed by atoms with Gasteiger partial charge in [0.05, 0.1) is 11.1 Å². The second-order valence-electron chi connectivity index (χ2n) is 12.3. The summed E-state index contributed by atoms with van der Waals surface area (Å²) in [5, 5.41) is 0. The van der Waals surface area contributed by atoms with Gasteiger partial charge in [-0.2, -0.15) is 0 Å². The normalized spacial score (nSPS) is 24.9. The maximum Gasteiger partial charge on any atom is 0.168 e. The zero-order valence-electron chi connectivity index (χ0n) is 21.4. The van der Waals surface area contributed by atoms with Crippen LogP contribution in [-0.4, -0.2) is 59.1 Å². The number of Topliss-reactive ketones (excluding diaryl/α,β-unsaturated/α-hetero) is 4. The van der Waals surface area contributed by atoms with Crippen molar-refractivity contribution in [3.63, 3.8) is 0 Å². The highest BCUT2D eigenvalue weighted by Crippen LogP contribution is 2.39. The van der Waals surface area contributed by atoms with Crippen LogP contribution in [0.5, 0.6) is 0 Å². The summed E-state index contributed by atoms with van der Waals surface area (Å²) < 4.78 is 0. The maximum absolute atomic E-state index is 13.2. The SMILES string of the molecule is CC1(C)CC(=O)C(=C(CCC(=C2C(=O)CC(C)(C)CC2=O)N2CCCC2)N2CCCC2)C(=O)C1. The summed E-state index contributed by atoms with van der Waals surface area (Å²) >= 11 is 0. The van der Waals surface area contributed by atoms with Gasteiger partial charge in [0.1, 0.15) is 0 Å². The molecular weight excluding hydrogens is 428 g/mol. The first-order valence-corrected chi connectivity index (χ1v) is 13.1. The molecule has 2 heterocycles. The summed E-state index contributed by atoms with van der Waals surface area (Å²) in [7, 11) is 0. The van der Waals surface area contributed by atoms with Crippen molar-refractivity contribution in [1.29, 1.82) is 0 Å². The van der Waals surface area contributed by atoms with E-state index >= 15 is 0 Å². The fraction of sp³-hybridized carbons (Fsp3) is 0.714. The van der Waals surface area contributed by atoms with Gasteiger partial charge < -0.3 is 9.80 Å². The predicted molar refractivity (Wildman–Crippen MR) is 131 cm³/mol. The molecule has 186 valence electrons. The molecule has 0 aromatic heterocycles. The Hall–Kier alpha value is -2.24. The van der Waals surface area contributed by atoms with Crippen LogP contribution in [0.25, 0.3) is 0 Å². The molecule has 2 aliphatic heterocycles. The molecule has 0 N–H and O–H groups in total. The van der Waals surface area contributed by atoms with Crippen LogP contribution in [0.4, 0.5) is 0 Å². The number of hydrogen-bond donors (Lipinski definition) is 0. The van der Waals surface area contributed by atoms with E-state index in [-0.39, 0.29) is 34.0 Å². The smallest absolute Gasteiger partial charge is 0.168 e. The molecule has 4 rings (SSSR count). The Morgan fingerprint density at radius 3 is 1.09 bits per heavy atom. The van der Waals surface area contributed by atoms with Gasteiger partial charge in [-0.05, 0) is 49.4 Å². The van der Waals surface area contributed by atoms with Crippen molar-refractivity contribution in [1.82, 2.24) is 9.80 Å². The van der Waals surface area contributed by atoms with Gasteiger partial charge in [0.2, 0.25) is 0 Å². The van der Waals surface area contributed by atoms with Crippen molar-refractivity contribution in [2.45, 2.75) is 91.9 Å². The fourth-order valence-electron chi connectivity index (χ4n) is 6.27. The van der Waals surface area contributed by atoms with E-state index in [1.54, 1.807) is 0 Å². The van der Waals surface area contributed by atoms with E-state index in [9.17, 15) is 19.2 Å². The molecule has 0 aromatic carbocycles. The maximum atomic E-state index is 13.2. The molecule has 2 aliphatic carbocycles. The number of allylic oxidation sites excluding steroid dienone is 4. The van der Waals surface area contributed by atoms with Crippen molar-refractivity contribution in [3.8, 4) is 0 Å². The summed E-state index contributed by atoms with van der Waals surface area (Å²) in [6.45, 7) is 11.3. The van der Waals surface area contributed by atoms with E-state index < -0.39 is 0 Å². The monoisotopic (exact) mass is 468 g/mol. The van der Waals surface area contributed by atoms with Crippen molar-refractivity contribution in [2.75, 3.05) is 26.2 Å². The minimum atomic E-state index is -0.301. The summed E-state index contributed by atoms with van der Waals surface area (Å²) in [6, 6.07) is 0. The third-order valence-corrected chi connectivity index (χ3v) is 7.82. The Bertz CT molecular complexity index is 835. The Labute approximate surface area is 203 Å². The largest absolute Gasteiger partial charge is 0.374 e. The Morgan fingerprint density at radius 1 is 0.559 bits per heavy atom. The van der Waals surface area contributed by atoms with E-state index in [2.05, 4.69) is 9.80 Å². The number of ketones is 4. The number of hydrogen-bond acceptors (Lipinski definition) is 6. The zero-order valence-corrected chi connectivity index (χ0v) is 21.4. The van der Waals surface area contributed by atoms with Crippen LogP contribution in [0.1, 0.15) is 91.9 Å². The van der Waals surface area contributed by atoms with Crippen LogP contribution >= 0.6 is 0 Å². The van der Waals surface area contributed by atoms with Crippen LogP contribution < -0.4 is 0 Å². The molecule has 0 spiro atoms. The van der Waals surface area contributed by atoms with Crippen molar-refractivity contribution in [2.24, 2.45) is 10.8 Å². The van der Waals surface area contributed by atoms with Crippen molar-refractivity contribution in [3.05, 3.63) is 22.5 Å². The van der Waals surface area contributed by atoms with Gasteiger partial charge in [-0.1, -0.05) is 27.7 Å². The molecule has 6 heteroatoms. The Kier molecular flexibility index (Phi) is 6.90. The van der Waals surface area contributed by atoms with Crippen LogP contribution in [0.3, 0.4) is 0 Å². The topological polar surface area (TPSA) is 74.8 Å². The molecule has 0 atom stereocenters. The number of carbonyl (C=O) groups excluding carboxylic acids is 4. The van der Waals surface area contributed by atoms with E-state index in [0.717, 1.165) is 63.3 Å². The molecule has 4 aliphatic rings. The first kappa shape index (κ1) is 24.9. The van der Waals surface area contributed by atoms with Gasteiger partial charge in [-0.25, -0.2) is 0 Å². The van der Waals surface area contributed by atoms with Crippen molar-refractivity contribution >= 4 is 23.1 Å². The van der Waals surface area contributed by atoms with Crippen LogP contribution in [0, 0.1) is 10.8 Å². The van der Waals surface area contributed by atoms with Gasteiger partial charge >= 0.3 is 0 Å². The summed E-state index contributed by atoms with van der Waals surface area (Å²) in [5.74, 6) is -0.203. The predicted octanol–water partition coefficient (Wildman–Crippen LogP) is 4.38. The summed E-state index contributed by atoms with van der Waals surface area (Å²) in [4.78, 5) is 57.1. The average Bonchev–Trinajstić information content (AvgIpc) is 3.40. The minimum Gasteiger partial charge on any atom is -0.374 e. The Balaban J connectivity index is 1.70. The van der Waals surface area contributed by atoms with E-state index in [4.69, 9.17) is 0 Å². The first-order chi connectivity index (χ1) is 16.0. The second-order valence-corrected chi connectivity index (χ2v) is 12.3. The third-order valence-electron chi connectivity index (χ3n) is 7.82. The average molecular weight is 469 g/mol. The van der Waals surface area contributed by atoms with Gasteiger partial charge in [0, 0.05) is 63.3 Å². The number of rotatable bonds is 5. The quantitative estimate of drug-likeness (QED) is 0.440. The van der Waals surface area contributed by atoms with E-state index in [1.165, 1.54) is 0 Å². The standard InChI is InChI=1S/C28H40N2O4/c1-27(2)15-21(31)25(22(32)16-27)19(29-11-5-6-12-29)9-10-20(30-13-7-8-14-30)26-23(33)17-28(3,4)18-24(26)34/h5-18H2,1-4H3. The molecule has 0 amide bonds. The van der Waals surface area contributed by atoms with E-state index in [0.29, 0.717) is 49.7 Å². The molecule has 4 fully saturated rings. The van der Waals surface area contributed by atoms with Gasteiger partial charge in [0.25, 0.3) is 0 Å². The summed E-state index contributed by atoms with van der Waals surface area (Å²) in [6.07, 6.45) is 6.80. The minimum absolute atomic E-state index is 0.0508.